The average molecular weight is 608 g/mol. The summed E-state index contributed by atoms with van der Waals surface area (Å²) in [7, 11) is 0. The van der Waals surface area contributed by atoms with Crippen molar-refractivity contribution in [1.82, 2.24) is 0 Å². The van der Waals surface area contributed by atoms with Crippen LogP contribution in [-0.4, -0.2) is 0 Å². The van der Waals surface area contributed by atoms with Crippen LogP contribution in [0.1, 0.15) is 0 Å². The molecule has 7 aromatic carbocycles. The van der Waals surface area contributed by atoms with Crippen molar-refractivity contribution in [3.8, 4) is 11.1 Å². The molecule has 216 valence electrons. The van der Waals surface area contributed by atoms with Crippen LogP contribution in [0.15, 0.2) is 160 Å². The predicted molar refractivity (Wildman–Crippen MR) is 194 cm³/mol. The molecule has 10 rings (SSSR count). The SMILES string of the molecule is c1ccc(-c2ccc(N(c3ccc4c(c3)oc3ccccc34)c3cccc4c3oc3ccccc34)c3c2sc2ccccc23)cc1. The smallest absolute Gasteiger partial charge is 0.159 e. The van der Waals surface area contributed by atoms with Gasteiger partial charge in [0.25, 0.3) is 0 Å². The number of fused-ring (bicyclic) bond motifs is 9. The summed E-state index contributed by atoms with van der Waals surface area (Å²) in [4.78, 5) is 2.35. The summed E-state index contributed by atoms with van der Waals surface area (Å²) < 4.78 is 15.6. The van der Waals surface area contributed by atoms with Gasteiger partial charge in [-0.25, -0.2) is 0 Å². The molecule has 0 unspecified atom stereocenters. The van der Waals surface area contributed by atoms with E-state index in [0.29, 0.717) is 0 Å². The normalized spacial score (nSPS) is 11.9. The van der Waals surface area contributed by atoms with Gasteiger partial charge in [0.1, 0.15) is 16.7 Å². The molecule has 0 aliphatic heterocycles. The number of benzene rings is 7. The van der Waals surface area contributed by atoms with Crippen LogP contribution in [0, 0.1) is 0 Å². The second-order valence-corrected chi connectivity index (χ2v) is 12.7. The van der Waals surface area contributed by atoms with Gasteiger partial charge in [0, 0.05) is 47.8 Å². The Bertz CT molecular complexity index is 2770. The maximum Gasteiger partial charge on any atom is 0.159 e. The fourth-order valence-electron chi connectivity index (χ4n) is 7.01. The maximum absolute atomic E-state index is 6.65. The minimum absolute atomic E-state index is 0.854. The van der Waals surface area contributed by atoms with Crippen molar-refractivity contribution in [3.05, 3.63) is 152 Å². The lowest BCUT2D eigenvalue weighted by Crippen LogP contribution is -2.10. The molecule has 0 N–H and O–H groups in total. The third-order valence-corrected chi connectivity index (χ3v) is 10.3. The third-order valence-electron chi connectivity index (χ3n) is 9.07. The second kappa shape index (κ2) is 9.83. The summed E-state index contributed by atoms with van der Waals surface area (Å²) in [5.74, 6) is 0. The largest absolute Gasteiger partial charge is 0.456 e. The van der Waals surface area contributed by atoms with Crippen LogP contribution in [0.25, 0.3) is 75.2 Å². The highest BCUT2D eigenvalue weighted by Gasteiger charge is 2.24. The minimum atomic E-state index is 0.854. The summed E-state index contributed by atoms with van der Waals surface area (Å²) in [6, 6.07) is 53.5. The van der Waals surface area contributed by atoms with E-state index in [0.717, 1.165) is 60.9 Å². The molecule has 0 aliphatic rings. The summed E-state index contributed by atoms with van der Waals surface area (Å²) in [5, 5.41) is 6.88. The molecule has 3 aromatic heterocycles. The van der Waals surface area contributed by atoms with Crippen molar-refractivity contribution in [2.45, 2.75) is 0 Å². The zero-order chi connectivity index (χ0) is 30.2. The number of thiophene rings is 1. The van der Waals surface area contributed by atoms with Crippen LogP contribution in [0.5, 0.6) is 0 Å². The van der Waals surface area contributed by atoms with Gasteiger partial charge < -0.3 is 13.7 Å². The molecule has 0 radical (unpaired) electrons. The van der Waals surface area contributed by atoms with Gasteiger partial charge in [-0.3, -0.25) is 0 Å². The molecule has 0 bridgehead atoms. The van der Waals surface area contributed by atoms with Crippen LogP contribution in [0.4, 0.5) is 17.1 Å². The predicted octanol–water partition coefficient (Wildman–Crippen LogP) is 13.0. The fraction of sp³-hybridized carbons (Fsp3) is 0. The standard InChI is InChI=1S/C42H25NO2S/c1-2-11-26(12-3-1)28-23-24-34(40-33-15-6-9-20-39(33)46-42(28)40)43(27-21-22-31-29-13-4-7-18-36(29)44-38(31)25-27)35-17-10-16-32-30-14-5-8-19-37(30)45-41(32)35/h1-25H. The van der Waals surface area contributed by atoms with Crippen molar-refractivity contribution >= 4 is 92.4 Å². The van der Waals surface area contributed by atoms with E-state index in [4.69, 9.17) is 8.83 Å². The van der Waals surface area contributed by atoms with Crippen LogP contribution in [-0.2, 0) is 0 Å². The molecular formula is C42H25NO2S. The number of hydrogen-bond acceptors (Lipinski definition) is 4. The molecule has 0 spiro atoms. The summed E-state index contributed by atoms with van der Waals surface area (Å²) in [5.41, 5.74) is 8.99. The number of para-hydroxylation sites is 3. The highest BCUT2D eigenvalue weighted by molar-refractivity contribution is 7.26. The summed E-state index contributed by atoms with van der Waals surface area (Å²) in [6.07, 6.45) is 0. The fourth-order valence-corrected chi connectivity index (χ4v) is 8.27. The maximum atomic E-state index is 6.65. The Morgan fingerprint density at radius 3 is 1.98 bits per heavy atom. The monoisotopic (exact) mass is 607 g/mol. The van der Waals surface area contributed by atoms with Gasteiger partial charge in [-0.2, -0.15) is 0 Å². The van der Waals surface area contributed by atoms with Crippen LogP contribution < -0.4 is 4.90 Å². The highest BCUT2D eigenvalue weighted by Crippen LogP contribution is 2.50. The van der Waals surface area contributed by atoms with Crippen molar-refractivity contribution in [2.75, 3.05) is 4.90 Å². The van der Waals surface area contributed by atoms with E-state index in [-0.39, 0.29) is 0 Å². The van der Waals surface area contributed by atoms with Crippen LogP contribution >= 0.6 is 11.3 Å². The topological polar surface area (TPSA) is 29.5 Å². The molecule has 0 amide bonds. The molecule has 0 fully saturated rings. The first kappa shape index (κ1) is 25.5. The van der Waals surface area contributed by atoms with Gasteiger partial charge in [-0.1, -0.05) is 103 Å². The molecule has 0 saturated heterocycles. The van der Waals surface area contributed by atoms with Crippen molar-refractivity contribution in [1.29, 1.82) is 0 Å². The Kier molecular flexibility index (Phi) is 5.45. The lowest BCUT2D eigenvalue weighted by Gasteiger charge is -2.27. The second-order valence-electron chi connectivity index (χ2n) is 11.7. The van der Waals surface area contributed by atoms with Crippen molar-refractivity contribution < 1.29 is 8.83 Å². The van der Waals surface area contributed by atoms with Crippen LogP contribution in [0.3, 0.4) is 0 Å². The summed E-state index contributed by atoms with van der Waals surface area (Å²) in [6.45, 7) is 0. The lowest BCUT2D eigenvalue weighted by molar-refractivity contribution is 0.667. The molecule has 0 atom stereocenters. The van der Waals surface area contributed by atoms with Gasteiger partial charge in [0.15, 0.2) is 5.58 Å². The Morgan fingerprint density at radius 1 is 0.457 bits per heavy atom. The third kappa shape index (κ3) is 3.71. The lowest BCUT2D eigenvalue weighted by atomic mass is 10.00. The van der Waals surface area contributed by atoms with Gasteiger partial charge in [0.2, 0.25) is 0 Å². The van der Waals surface area contributed by atoms with Crippen LogP contribution in [0.2, 0.25) is 0 Å². The number of rotatable bonds is 4. The van der Waals surface area contributed by atoms with E-state index in [9.17, 15) is 0 Å². The Balaban J connectivity index is 1.32. The van der Waals surface area contributed by atoms with E-state index < -0.39 is 0 Å². The van der Waals surface area contributed by atoms with E-state index in [1.54, 1.807) is 0 Å². The highest BCUT2D eigenvalue weighted by atomic mass is 32.1. The molecule has 0 saturated carbocycles. The number of furan rings is 2. The molecule has 10 aromatic rings. The van der Waals surface area contributed by atoms with E-state index >= 15 is 0 Å². The average Bonchev–Trinajstić information content (AvgIpc) is 3.80. The number of nitrogens with zero attached hydrogens (tertiary/aromatic N) is 1. The zero-order valence-electron chi connectivity index (χ0n) is 24.6. The first-order valence-electron chi connectivity index (χ1n) is 15.4. The number of hydrogen-bond donors (Lipinski definition) is 0. The zero-order valence-corrected chi connectivity index (χ0v) is 25.4. The van der Waals surface area contributed by atoms with Crippen molar-refractivity contribution in [2.24, 2.45) is 0 Å². The van der Waals surface area contributed by atoms with Gasteiger partial charge >= 0.3 is 0 Å². The first-order valence-corrected chi connectivity index (χ1v) is 16.2. The first-order chi connectivity index (χ1) is 22.8. The molecular weight excluding hydrogens is 583 g/mol. The minimum Gasteiger partial charge on any atom is -0.456 e. The van der Waals surface area contributed by atoms with E-state index in [1.165, 1.54) is 31.3 Å². The Morgan fingerprint density at radius 2 is 1.13 bits per heavy atom. The van der Waals surface area contributed by atoms with Crippen molar-refractivity contribution in [3.63, 3.8) is 0 Å². The Labute approximate surface area is 268 Å². The van der Waals surface area contributed by atoms with E-state index in [2.05, 4.69) is 132 Å². The number of anilines is 3. The van der Waals surface area contributed by atoms with Gasteiger partial charge in [0.05, 0.1) is 17.1 Å². The Hall–Kier alpha value is -5.84. The quantitative estimate of drug-likeness (QED) is 0.199. The molecule has 0 aliphatic carbocycles. The molecule has 3 nitrogen and oxygen atoms in total. The molecule has 4 heteroatoms. The van der Waals surface area contributed by atoms with E-state index in [1.807, 2.05) is 35.6 Å². The molecule has 46 heavy (non-hydrogen) atoms. The summed E-state index contributed by atoms with van der Waals surface area (Å²) >= 11 is 1.85. The van der Waals surface area contributed by atoms with Gasteiger partial charge in [-0.15, -0.1) is 11.3 Å². The van der Waals surface area contributed by atoms with Gasteiger partial charge in [-0.05, 0) is 53.6 Å². The molecule has 3 heterocycles.